The van der Waals surface area contributed by atoms with Gasteiger partial charge in [0, 0.05) is 31.3 Å². The van der Waals surface area contributed by atoms with Crippen LogP contribution in [0.15, 0.2) is 36.7 Å². The molecule has 0 saturated carbocycles. The lowest BCUT2D eigenvalue weighted by Gasteiger charge is -2.33. The third-order valence-electron chi connectivity index (χ3n) is 4.70. The molecule has 3 rings (SSSR count). The summed E-state index contributed by atoms with van der Waals surface area (Å²) in [5.41, 5.74) is 1.89. The first-order valence-electron chi connectivity index (χ1n) is 9.20. The Hall–Kier alpha value is -2.63. The van der Waals surface area contributed by atoms with Crippen LogP contribution in [-0.4, -0.2) is 42.6 Å². The predicted molar refractivity (Wildman–Crippen MR) is 102 cm³/mol. The summed E-state index contributed by atoms with van der Waals surface area (Å²) < 4.78 is 5.21. The summed E-state index contributed by atoms with van der Waals surface area (Å²) in [5, 5.41) is 3.01. The van der Waals surface area contributed by atoms with E-state index in [-0.39, 0.29) is 11.8 Å². The van der Waals surface area contributed by atoms with Crippen molar-refractivity contribution in [3.63, 3.8) is 0 Å². The molecule has 1 N–H and O–H groups in total. The average Bonchev–Trinajstić information content (AvgIpc) is 2.72. The summed E-state index contributed by atoms with van der Waals surface area (Å²) in [6.07, 6.45) is 4.48. The van der Waals surface area contributed by atoms with E-state index < -0.39 is 0 Å². The van der Waals surface area contributed by atoms with Crippen LogP contribution in [0.25, 0.3) is 11.3 Å². The highest BCUT2D eigenvalue weighted by atomic mass is 16.5. The van der Waals surface area contributed by atoms with Crippen molar-refractivity contribution < 1.29 is 9.53 Å². The van der Waals surface area contributed by atoms with Crippen LogP contribution in [-0.2, 0) is 4.79 Å². The zero-order chi connectivity index (χ0) is 18.4. The van der Waals surface area contributed by atoms with Gasteiger partial charge < -0.3 is 15.0 Å². The largest absolute Gasteiger partial charge is 0.497 e. The normalized spacial score (nSPS) is 17.0. The number of aromatic nitrogens is 2. The predicted octanol–water partition coefficient (Wildman–Crippen LogP) is 2.89. The van der Waals surface area contributed by atoms with Crippen molar-refractivity contribution in [3.05, 3.63) is 36.7 Å². The summed E-state index contributed by atoms with van der Waals surface area (Å²) in [5.74, 6) is 1.87. The monoisotopic (exact) mass is 354 g/mol. The third kappa shape index (κ3) is 4.31. The maximum Gasteiger partial charge on any atom is 0.224 e. The van der Waals surface area contributed by atoms with Crippen LogP contribution in [0.2, 0.25) is 0 Å². The molecule has 1 amide bonds. The molecule has 1 atom stereocenters. The summed E-state index contributed by atoms with van der Waals surface area (Å²) >= 11 is 0. The number of carbonyl (C=O) groups is 1. The van der Waals surface area contributed by atoms with Gasteiger partial charge in [-0.1, -0.05) is 6.92 Å². The maximum absolute atomic E-state index is 12.3. The van der Waals surface area contributed by atoms with Gasteiger partial charge in [-0.05, 0) is 43.5 Å². The van der Waals surface area contributed by atoms with Crippen LogP contribution in [0, 0.1) is 5.92 Å². The van der Waals surface area contributed by atoms with E-state index in [9.17, 15) is 4.79 Å². The molecular formula is C20H26N4O2. The number of nitrogens with zero attached hydrogens (tertiary/aromatic N) is 3. The minimum absolute atomic E-state index is 0.0229. The smallest absolute Gasteiger partial charge is 0.224 e. The fraction of sp³-hybridized carbons (Fsp3) is 0.450. The van der Waals surface area contributed by atoms with E-state index in [1.807, 2.05) is 30.3 Å². The molecule has 1 aliphatic rings. The Morgan fingerprint density at radius 2 is 2.12 bits per heavy atom. The topological polar surface area (TPSA) is 67.4 Å². The van der Waals surface area contributed by atoms with E-state index >= 15 is 0 Å². The highest BCUT2D eigenvalue weighted by Crippen LogP contribution is 2.26. The number of piperidine rings is 1. The van der Waals surface area contributed by atoms with Gasteiger partial charge in [0.05, 0.1) is 18.7 Å². The highest BCUT2D eigenvalue weighted by molar-refractivity contribution is 5.79. The molecule has 26 heavy (non-hydrogen) atoms. The van der Waals surface area contributed by atoms with E-state index in [1.54, 1.807) is 13.4 Å². The average molecular weight is 354 g/mol. The lowest BCUT2D eigenvalue weighted by atomic mass is 9.97. The number of rotatable bonds is 6. The number of hydrogen-bond donors (Lipinski definition) is 1. The minimum atomic E-state index is 0.0229. The molecule has 0 spiro atoms. The van der Waals surface area contributed by atoms with Crippen LogP contribution < -0.4 is 15.0 Å². The molecule has 0 bridgehead atoms. The number of carbonyl (C=O) groups excluding carboxylic acids is 1. The molecule has 1 aromatic carbocycles. The first-order valence-corrected chi connectivity index (χ1v) is 9.20. The maximum atomic E-state index is 12.3. The Labute approximate surface area is 154 Å². The number of methoxy groups -OCH3 is 1. The quantitative estimate of drug-likeness (QED) is 0.864. The van der Waals surface area contributed by atoms with E-state index in [0.29, 0.717) is 6.54 Å². The molecule has 0 aliphatic carbocycles. The van der Waals surface area contributed by atoms with E-state index in [2.05, 4.69) is 27.1 Å². The Kier molecular flexibility index (Phi) is 6.04. The van der Waals surface area contributed by atoms with Gasteiger partial charge in [-0.3, -0.25) is 4.79 Å². The molecule has 2 heterocycles. The summed E-state index contributed by atoms with van der Waals surface area (Å²) in [6, 6.07) is 9.82. The van der Waals surface area contributed by atoms with Crippen molar-refractivity contribution in [2.24, 2.45) is 5.92 Å². The van der Waals surface area contributed by atoms with Crippen molar-refractivity contribution in [2.45, 2.75) is 26.2 Å². The Morgan fingerprint density at radius 1 is 1.31 bits per heavy atom. The van der Waals surface area contributed by atoms with Crippen molar-refractivity contribution in [1.29, 1.82) is 0 Å². The number of amides is 1. The standard InChI is InChI=1S/C20H26N4O2/c1-3-10-21-20(25)16-5-4-11-24(13-16)19-12-18(22-14-23-19)15-6-8-17(26-2)9-7-15/h6-9,12,14,16H,3-5,10-11,13H2,1-2H3,(H,21,25). The number of hydrogen-bond acceptors (Lipinski definition) is 5. The zero-order valence-electron chi connectivity index (χ0n) is 15.4. The van der Waals surface area contributed by atoms with Crippen LogP contribution in [0.3, 0.4) is 0 Å². The number of ether oxygens (including phenoxy) is 1. The highest BCUT2D eigenvalue weighted by Gasteiger charge is 2.26. The van der Waals surface area contributed by atoms with Crippen LogP contribution in [0.4, 0.5) is 5.82 Å². The molecule has 2 aromatic rings. The number of anilines is 1. The fourth-order valence-electron chi connectivity index (χ4n) is 3.23. The summed E-state index contributed by atoms with van der Waals surface area (Å²) in [7, 11) is 1.65. The molecule has 1 fully saturated rings. The summed E-state index contributed by atoms with van der Waals surface area (Å²) in [6.45, 7) is 4.42. The van der Waals surface area contributed by atoms with Crippen LogP contribution in [0.5, 0.6) is 5.75 Å². The Morgan fingerprint density at radius 3 is 2.85 bits per heavy atom. The molecule has 1 aromatic heterocycles. The van der Waals surface area contributed by atoms with Gasteiger partial charge in [0.25, 0.3) is 0 Å². The zero-order valence-corrected chi connectivity index (χ0v) is 15.4. The van der Waals surface area contributed by atoms with Gasteiger partial charge in [0.15, 0.2) is 0 Å². The first-order chi connectivity index (χ1) is 12.7. The molecule has 1 aliphatic heterocycles. The van der Waals surface area contributed by atoms with E-state index in [1.165, 1.54) is 0 Å². The fourth-order valence-corrected chi connectivity index (χ4v) is 3.23. The number of nitrogens with one attached hydrogen (secondary N) is 1. The Bertz CT molecular complexity index is 733. The van der Waals surface area contributed by atoms with Crippen molar-refractivity contribution in [1.82, 2.24) is 15.3 Å². The molecule has 1 saturated heterocycles. The SMILES string of the molecule is CCCNC(=O)C1CCCN(c2cc(-c3ccc(OC)cc3)ncn2)C1. The Balaban J connectivity index is 1.73. The second-order valence-corrected chi connectivity index (χ2v) is 6.57. The van der Waals surface area contributed by atoms with Crippen LogP contribution in [0.1, 0.15) is 26.2 Å². The third-order valence-corrected chi connectivity index (χ3v) is 4.70. The minimum Gasteiger partial charge on any atom is -0.497 e. The summed E-state index contributed by atoms with van der Waals surface area (Å²) in [4.78, 5) is 23.3. The van der Waals surface area contributed by atoms with Crippen molar-refractivity contribution in [2.75, 3.05) is 31.6 Å². The molecule has 1 unspecified atom stereocenters. The van der Waals surface area contributed by atoms with E-state index in [4.69, 9.17) is 4.74 Å². The first kappa shape index (κ1) is 18.2. The van der Waals surface area contributed by atoms with E-state index in [0.717, 1.165) is 55.2 Å². The molecular weight excluding hydrogens is 328 g/mol. The second-order valence-electron chi connectivity index (χ2n) is 6.57. The van der Waals surface area contributed by atoms with Crippen LogP contribution >= 0.6 is 0 Å². The lowest BCUT2D eigenvalue weighted by Crippen LogP contribution is -2.43. The van der Waals surface area contributed by atoms with Gasteiger partial charge in [0.1, 0.15) is 17.9 Å². The van der Waals surface area contributed by atoms with Crippen molar-refractivity contribution >= 4 is 11.7 Å². The molecule has 6 nitrogen and oxygen atoms in total. The molecule has 0 radical (unpaired) electrons. The van der Waals surface area contributed by atoms with Crippen molar-refractivity contribution in [3.8, 4) is 17.0 Å². The second kappa shape index (κ2) is 8.65. The number of benzene rings is 1. The lowest BCUT2D eigenvalue weighted by molar-refractivity contribution is -0.125. The van der Waals surface area contributed by atoms with Gasteiger partial charge in [-0.15, -0.1) is 0 Å². The van der Waals surface area contributed by atoms with Gasteiger partial charge in [-0.25, -0.2) is 9.97 Å². The van der Waals surface area contributed by atoms with Gasteiger partial charge in [-0.2, -0.15) is 0 Å². The van der Waals surface area contributed by atoms with Gasteiger partial charge in [0.2, 0.25) is 5.91 Å². The molecule has 138 valence electrons. The molecule has 6 heteroatoms. The van der Waals surface area contributed by atoms with Gasteiger partial charge >= 0.3 is 0 Å².